The van der Waals surface area contributed by atoms with Gasteiger partial charge in [-0.15, -0.1) is 0 Å². The predicted molar refractivity (Wildman–Crippen MR) is 135 cm³/mol. The number of thiocarbonyl (C=S) groups is 1. The average molecular weight is 503 g/mol. The van der Waals surface area contributed by atoms with Gasteiger partial charge in [0.05, 0.1) is 18.2 Å². The second kappa shape index (κ2) is 15.4. The molecule has 0 aromatic heterocycles. The van der Waals surface area contributed by atoms with Crippen molar-refractivity contribution in [3.8, 4) is 0 Å². The lowest BCUT2D eigenvalue weighted by molar-refractivity contribution is -0.130. The van der Waals surface area contributed by atoms with Crippen LogP contribution in [0.3, 0.4) is 0 Å². The van der Waals surface area contributed by atoms with Crippen LogP contribution in [0, 0.1) is 5.41 Å². The van der Waals surface area contributed by atoms with Gasteiger partial charge in [-0.1, -0.05) is 13.8 Å². The van der Waals surface area contributed by atoms with Crippen LogP contribution in [0.4, 0.5) is 4.79 Å². The summed E-state index contributed by atoms with van der Waals surface area (Å²) < 4.78 is 5.95. The molecule has 0 fully saturated rings. The molecule has 1 unspecified atom stereocenters. The van der Waals surface area contributed by atoms with Crippen LogP contribution in [0.15, 0.2) is 0 Å². The number of nitrogens with two attached hydrogens (primary N) is 1. The van der Waals surface area contributed by atoms with Crippen molar-refractivity contribution in [2.45, 2.75) is 71.9 Å². The van der Waals surface area contributed by atoms with Crippen LogP contribution < -0.4 is 32.3 Å². The highest BCUT2D eigenvalue weighted by atomic mass is 32.1. The molecule has 0 bridgehead atoms. The topological polar surface area (TPSA) is 164 Å². The van der Waals surface area contributed by atoms with Crippen LogP contribution in [0.2, 0.25) is 0 Å². The molecule has 7 N–H and O–H groups in total. The van der Waals surface area contributed by atoms with Crippen LogP contribution >= 0.6 is 12.2 Å². The van der Waals surface area contributed by atoms with E-state index in [0.29, 0.717) is 50.5 Å². The smallest absolute Gasteiger partial charge is 0.312 e. The monoisotopic (exact) mass is 502 g/mol. The Bertz CT molecular complexity index is 714. The normalized spacial score (nSPS) is 12.3. The average Bonchev–Trinajstić information content (AvgIpc) is 2.72. The molecule has 0 saturated carbocycles. The van der Waals surface area contributed by atoms with Crippen LogP contribution in [-0.2, 0) is 19.1 Å². The Balaban J connectivity index is 4.23. The maximum atomic E-state index is 12.2. The first-order valence-corrected chi connectivity index (χ1v) is 11.8. The second-order valence-corrected chi connectivity index (χ2v) is 9.75. The zero-order valence-corrected chi connectivity index (χ0v) is 22.1. The number of rotatable bonds is 16. The molecule has 0 saturated heterocycles. The van der Waals surface area contributed by atoms with E-state index in [-0.39, 0.29) is 24.1 Å². The van der Waals surface area contributed by atoms with E-state index < -0.39 is 23.1 Å². The second-order valence-electron chi connectivity index (χ2n) is 9.34. The number of Topliss-reactive ketones (excluding diaryl/α,β-unsaturated/α-hetero) is 1. The van der Waals surface area contributed by atoms with Gasteiger partial charge in [0.25, 0.3) is 0 Å². The minimum atomic E-state index is -0.642. The number of hydrogen-bond acceptors (Lipinski definition) is 6. The molecule has 196 valence electrons. The fraction of sp³-hybridized carbons (Fsp3) is 0.773. The SMILES string of the molecule is CNC(=O)C(C)(C)CCOC(C)(C)CCNC(=S)NCC(=O)NC(CCCNC(N)=O)C(C)=O. The molecule has 34 heavy (non-hydrogen) atoms. The highest BCUT2D eigenvalue weighted by molar-refractivity contribution is 7.80. The minimum absolute atomic E-state index is 0.0225. The first kappa shape index (κ1) is 31.5. The summed E-state index contributed by atoms with van der Waals surface area (Å²) in [6, 6.07) is -1.27. The molecule has 0 aromatic carbocycles. The maximum Gasteiger partial charge on any atom is 0.312 e. The van der Waals surface area contributed by atoms with Crippen molar-refractivity contribution in [1.29, 1.82) is 0 Å². The summed E-state index contributed by atoms with van der Waals surface area (Å²) in [5.74, 6) is -0.561. The number of amides is 4. The Morgan fingerprint density at radius 2 is 1.65 bits per heavy atom. The van der Waals surface area contributed by atoms with E-state index in [0.717, 1.165) is 0 Å². The van der Waals surface area contributed by atoms with Crippen molar-refractivity contribution in [3.05, 3.63) is 0 Å². The number of carbonyl (C=O) groups is 4. The van der Waals surface area contributed by atoms with Crippen molar-refractivity contribution < 1.29 is 23.9 Å². The molecule has 0 aliphatic heterocycles. The molecule has 0 aliphatic carbocycles. The van der Waals surface area contributed by atoms with E-state index >= 15 is 0 Å². The van der Waals surface area contributed by atoms with Crippen LogP contribution in [-0.4, -0.2) is 73.7 Å². The highest BCUT2D eigenvalue weighted by Gasteiger charge is 2.27. The lowest BCUT2D eigenvalue weighted by atomic mass is 9.88. The molecule has 0 radical (unpaired) electrons. The Morgan fingerprint density at radius 3 is 2.21 bits per heavy atom. The van der Waals surface area contributed by atoms with Crippen molar-refractivity contribution in [2.24, 2.45) is 11.1 Å². The largest absolute Gasteiger partial charge is 0.375 e. The summed E-state index contributed by atoms with van der Waals surface area (Å²) in [4.78, 5) is 46.4. The van der Waals surface area contributed by atoms with E-state index in [9.17, 15) is 19.2 Å². The van der Waals surface area contributed by atoms with Crippen molar-refractivity contribution >= 4 is 41.0 Å². The first-order chi connectivity index (χ1) is 15.7. The predicted octanol–water partition coefficient (Wildman–Crippen LogP) is 0.320. The molecule has 4 amide bonds. The third kappa shape index (κ3) is 14.6. The summed E-state index contributed by atoms with van der Waals surface area (Å²) >= 11 is 5.21. The van der Waals surface area contributed by atoms with Gasteiger partial charge >= 0.3 is 6.03 Å². The van der Waals surface area contributed by atoms with Gasteiger partial charge in [0.1, 0.15) is 0 Å². The Kier molecular flexibility index (Phi) is 14.3. The molecule has 0 aromatic rings. The number of ether oxygens (including phenoxy) is 1. The van der Waals surface area contributed by atoms with Crippen LogP contribution in [0.1, 0.15) is 60.3 Å². The summed E-state index contributed by atoms with van der Waals surface area (Å²) in [6.45, 7) is 10.3. The van der Waals surface area contributed by atoms with Crippen LogP contribution in [0.25, 0.3) is 0 Å². The van der Waals surface area contributed by atoms with Gasteiger partial charge in [0.15, 0.2) is 10.9 Å². The molecule has 0 aliphatic rings. The standard InChI is InChI=1S/C22H42N6O5S/c1-15(29)16(8-7-11-25-19(23)32)28-17(30)14-27-20(34)26-12-9-22(4,5)33-13-10-21(2,3)18(31)24-6/h16H,7-14H2,1-6H3,(H,24,31)(H,28,30)(H3,23,25,32)(H2,26,27,34). The van der Waals surface area contributed by atoms with Gasteiger partial charge in [-0.2, -0.15) is 0 Å². The van der Waals surface area contributed by atoms with E-state index in [4.69, 9.17) is 22.7 Å². The Labute approximate surface area is 208 Å². The number of hydrogen-bond donors (Lipinski definition) is 6. The number of urea groups is 1. The van der Waals surface area contributed by atoms with Crippen molar-refractivity contribution in [1.82, 2.24) is 26.6 Å². The number of ketones is 1. The third-order valence-electron chi connectivity index (χ3n) is 5.28. The van der Waals surface area contributed by atoms with E-state index in [1.165, 1.54) is 6.92 Å². The van der Waals surface area contributed by atoms with Gasteiger partial charge < -0.3 is 37.1 Å². The summed E-state index contributed by atoms with van der Waals surface area (Å²) in [5, 5.41) is 13.9. The van der Waals surface area contributed by atoms with Gasteiger partial charge in [0.2, 0.25) is 11.8 Å². The summed E-state index contributed by atoms with van der Waals surface area (Å²) in [6.07, 6.45) is 2.15. The molecule has 1 atom stereocenters. The number of nitrogens with one attached hydrogen (secondary N) is 5. The molecule has 0 heterocycles. The molecule has 12 heteroatoms. The highest BCUT2D eigenvalue weighted by Crippen LogP contribution is 2.22. The van der Waals surface area contributed by atoms with Crippen LogP contribution in [0.5, 0.6) is 0 Å². The first-order valence-electron chi connectivity index (χ1n) is 11.4. The Hall–Kier alpha value is -2.47. The molecule has 0 spiro atoms. The molecule has 0 rings (SSSR count). The zero-order chi connectivity index (χ0) is 26.4. The van der Waals surface area contributed by atoms with E-state index in [2.05, 4.69) is 26.6 Å². The molecule has 11 nitrogen and oxygen atoms in total. The lowest BCUT2D eigenvalue weighted by Crippen LogP contribution is -2.47. The number of carbonyl (C=O) groups excluding carboxylic acids is 4. The van der Waals surface area contributed by atoms with Gasteiger partial charge in [-0.3, -0.25) is 14.4 Å². The van der Waals surface area contributed by atoms with E-state index in [1.807, 2.05) is 27.7 Å². The fourth-order valence-electron chi connectivity index (χ4n) is 2.95. The maximum absolute atomic E-state index is 12.2. The Morgan fingerprint density at radius 1 is 1.00 bits per heavy atom. The molecular formula is C22H42N6O5S. The van der Waals surface area contributed by atoms with Gasteiger partial charge in [-0.05, 0) is 58.7 Å². The number of primary amides is 1. The van der Waals surface area contributed by atoms with E-state index in [1.54, 1.807) is 7.05 Å². The van der Waals surface area contributed by atoms with Crippen molar-refractivity contribution in [2.75, 3.05) is 33.3 Å². The van der Waals surface area contributed by atoms with Crippen molar-refractivity contribution in [3.63, 3.8) is 0 Å². The summed E-state index contributed by atoms with van der Waals surface area (Å²) in [5.41, 5.74) is 4.07. The quantitative estimate of drug-likeness (QED) is 0.130. The van der Waals surface area contributed by atoms with Gasteiger partial charge in [0, 0.05) is 32.2 Å². The third-order valence-corrected chi connectivity index (χ3v) is 5.57. The summed E-state index contributed by atoms with van der Waals surface area (Å²) in [7, 11) is 1.62. The van der Waals surface area contributed by atoms with Gasteiger partial charge in [-0.25, -0.2) is 4.79 Å². The fourth-order valence-corrected chi connectivity index (χ4v) is 3.12. The lowest BCUT2D eigenvalue weighted by Gasteiger charge is -2.29. The zero-order valence-electron chi connectivity index (χ0n) is 21.3. The molecular weight excluding hydrogens is 460 g/mol. The minimum Gasteiger partial charge on any atom is -0.375 e.